The second kappa shape index (κ2) is 4.56. The second-order valence-electron chi connectivity index (χ2n) is 4.02. The number of nitrogens with zero attached hydrogens (tertiary/aromatic N) is 1. The third kappa shape index (κ3) is 2.32. The van der Waals surface area contributed by atoms with E-state index in [9.17, 15) is 0 Å². The Morgan fingerprint density at radius 3 is 2.62 bits per heavy atom. The lowest BCUT2D eigenvalue weighted by molar-refractivity contribution is 0.420. The summed E-state index contributed by atoms with van der Waals surface area (Å²) in [6.07, 6.45) is 5.48. The number of rotatable bonds is 2. The summed E-state index contributed by atoms with van der Waals surface area (Å²) in [5, 5.41) is 0. The lowest BCUT2D eigenvalue weighted by Crippen LogP contribution is -2.21. The molecular formula is C9H17ClN2S. The van der Waals surface area contributed by atoms with E-state index in [2.05, 4.69) is 17.6 Å². The van der Waals surface area contributed by atoms with Crippen molar-refractivity contribution in [2.24, 2.45) is 22.6 Å². The van der Waals surface area contributed by atoms with E-state index in [0.29, 0.717) is 11.8 Å². The van der Waals surface area contributed by atoms with Crippen LogP contribution in [0.2, 0.25) is 0 Å². The van der Waals surface area contributed by atoms with E-state index in [4.69, 9.17) is 5.73 Å². The summed E-state index contributed by atoms with van der Waals surface area (Å²) in [6.45, 7) is 0. The highest BCUT2D eigenvalue weighted by Gasteiger charge is 2.39. The first-order valence-corrected chi connectivity index (χ1v) is 5.36. The smallest absolute Gasteiger partial charge is 0.104 e. The van der Waals surface area contributed by atoms with Crippen LogP contribution in [-0.4, -0.2) is 17.6 Å². The maximum Gasteiger partial charge on any atom is 0.104 e. The fraction of sp³-hybridized carbons (Fsp3) is 0.889. The van der Waals surface area contributed by atoms with Gasteiger partial charge in [-0.3, -0.25) is 4.99 Å². The van der Waals surface area contributed by atoms with Crippen LogP contribution >= 0.6 is 25.0 Å². The van der Waals surface area contributed by atoms with Crippen molar-refractivity contribution in [3.05, 3.63) is 0 Å². The van der Waals surface area contributed by atoms with Crippen LogP contribution < -0.4 is 5.73 Å². The predicted octanol–water partition coefficient (Wildman–Crippen LogP) is 1.88. The van der Waals surface area contributed by atoms with E-state index in [1.54, 1.807) is 0 Å². The van der Waals surface area contributed by atoms with Gasteiger partial charge in [-0.2, -0.15) is 12.6 Å². The van der Waals surface area contributed by atoms with Gasteiger partial charge in [0.15, 0.2) is 0 Å². The minimum atomic E-state index is 0. The molecule has 0 heterocycles. The molecule has 0 spiro atoms. The minimum Gasteiger partial charge on any atom is -0.387 e. The Kier molecular flexibility index (Phi) is 3.92. The van der Waals surface area contributed by atoms with Crippen LogP contribution in [0, 0.1) is 11.8 Å². The van der Waals surface area contributed by atoms with E-state index in [1.165, 1.54) is 25.7 Å². The number of fused-ring (bicyclic) bond motifs is 2. The van der Waals surface area contributed by atoms with Gasteiger partial charge in [-0.05, 0) is 31.1 Å². The molecule has 2 saturated carbocycles. The lowest BCUT2D eigenvalue weighted by Gasteiger charge is -2.17. The van der Waals surface area contributed by atoms with Crippen LogP contribution in [0.5, 0.6) is 0 Å². The minimum absolute atomic E-state index is 0. The average Bonchev–Trinajstić information content (AvgIpc) is 2.64. The molecule has 2 bridgehead atoms. The predicted molar refractivity (Wildman–Crippen MR) is 62.0 cm³/mol. The van der Waals surface area contributed by atoms with Crippen molar-refractivity contribution in [1.82, 2.24) is 0 Å². The van der Waals surface area contributed by atoms with Crippen molar-refractivity contribution in [3.8, 4) is 0 Å². The fourth-order valence-corrected chi connectivity index (χ4v) is 2.70. The summed E-state index contributed by atoms with van der Waals surface area (Å²) < 4.78 is 0. The first kappa shape index (κ1) is 11.2. The lowest BCUT2D eigenvalue weighted by atomic mass is 9.96. The Bertz CT molecular complexity index is 208. The number of thiol groups is 1. The molecule has 2 aliphatic carbocycles. The molecule has 2 aliphatic rings. The van der Waals surface area contributed by atoms with Crippen molar-refractivity contribution >= 4 is 30.9 Å². The van der Waals surface area contributed by atoms with E-state index in [0.717, 1.165) is 17.7 Å². The second-order valence-corrected chi connectivity index (χ2v) is 4.34. The maximum atomic E-state index is 5.66. The van der Waals surface area contributed by atoms with Crippen LogP contribution in [0.15, 0.2) is 4.99 Å². The molecule has 0 aromatic carbocycles. The summed E-state index contributed by atoms with van der Waals surface area (Å²) in [5.41, 5.74) is 5.66. The van der Waals surface area contributed by atoms with Gasteiger partial charge in [-0.15, -0.1) is 12.4 Å². The largest absolute Gasteiger partial charge is 0.387 e. The van der Waals surface area contributed by atoms with Crippen LogP contribution in [0.1, 0.15) is 25.7 Å². The number of halogens is 1. The molecule has 0 amide bonds. The SMILES string of the molecule is Cl.NC(CS)=N[C@@H]1C[C@H]2CC[C@H]1C2. The van der Waals surface area contributed by atoms with Gasteiger partial charge in [0.25, 0.3) is 0 Å². The molecule has 76 valence electrons. The summed E-state index contributed by atoms with van der Waals surface area (Å²) in [7, 11) is 0. The Hall–Kier alpha value is 0.110. The Morgan fingerprint density at radius 1 is 1.38 bits per heavy atom. The number of hydrogen-bond acceptors (Lipinski definition) is 2. The highest BCUT2D eigenvalue weighted by molar-refractivity contribution is 7.81. The summed E-state index contributed by atoms with van der Waals surface area (Å²) in [5.74, 6) is 3.12. The van der Waals surface area contributed by atoms with Gasteiger partial charge in [0.1, 0.15) is 5.84 Å². The zero-order chi connectivity index (χ0) is 8.55. The van der Waals surface area contributed by atoms with Crippen molar-refractivity contribution in [2.45, 2.75) is 31.7 Å². The van der Waals surface area contributed by atoms with Crippen LogP contribution in [-0.2, 0) is 0 Å². The third-order valence-corrected chi connectivity index (χ3v) is 3.52. The number of aliphatic imine (C=N–C) groups is 1. The molecule has 2 nitrogen and oxygen atoms in total. The van der Waals surface area contributed by atoms with Gasteiger partial charge < -0.3 is 5.73 Å². The summed E-state index contributed by atoms with van der Waals surface area (Å²) in [6, 6.07) is 0.538. The quantitative estimate of drug-likeness (QED) is 0.416. The molecular weight excluding hydrogens is 204 g/mol. The van der Waals surface area contributed by atoms with Crippen molar-refractivity contribution in [3.63, 3.8) is 0 Å². The first-order valence-electron chi connectivity index (χ1n) is 4.72. The monoisotopic (exact) mass is 220 g/mol. The Morgan fingerprint density at radius 2 is 2.15 bits per heavy atom. The molecule has 0 aliphatic heterocycles. The molecule has 0 aromatic rings. The Labute approximate surface area is 91.2 Å². The molecule has 2 N–H and O–H groups in total. The normalized spacial score (nSPS) is 37.6. The van der Waals surface area contributed by atoms with Gasteiger partial charge in [-0.25, -0.2) is 0 Å². The van der Waals surface area contributed by atoms with Gasteiger partial charge in [0.05, 0.1) is 6.04 Å². The molecule has 0 unspecified atom stereocenters. The summed E-state index contributed by atoms with van der Waals surface area (Å²) >= 11 is 4.10. The number of amidine groups is 1. The highest BCUT2D eigenvalue weighted by atomic mass is 35.5. The van der Waals surface area contributed by atoms with Crippen LogP contribution in [0.25, 0.3) is 0 Å². The standard InChI is InChI=1S/C9H16N2S.ClH/c10-9(5-12)11-8-4-6-1-2-7(8)3-6;/h6-8,12H,1-5H2,(H2,10,11);1H/t6-,7-,8+;/m0./s1. The average molecular weight is 221 g/mol. The molecule has 13 heavy (non-hydrogen) atoms. The zero-order valence-corrected chi connectivity index (χ0v) is 9.36. The highest BCUT2D eigenvalue weighted by Crippen LogP contribution is 2.45. The van der Waals surface area contributed by atoms with Crippen molar-refractivity contribution < 1.29 is 0 Å². The topological polar surface area (TPSA) is 38.4 Å². The molecule has 2 fully saturated rings. The number of hydrogen-bond donors (Lipinski definition) is 2. The van der Waals surface area contributed by atoms with E-state index in [1.807, 2.05) is 0 Å². The molecule has 0 saturated heterocycles. The molecule has 0 aromatic heterocycles. The van der Waals surface area contributed by atoms with E-state index in [-0.39, 0.29) is 12.4 Å². The fourth-order valence-electron chi connectivity index (χ4n) is 2.62. The molecule has 0 radical (unpaired) electrons. The van der Waals surface area contributed by atoms with Crippen LogP contribution in [0.3, 0.4) is 0 Å². The van der Waals surface area contributed by atoms with Gasteiger partial charge in [0, 0.05) is 5.75 Å². The van der Waals surface area contributed by atoms with Gasteiger partial charge in [-0.1, -0.05) is 6.42 Å². The van der Waals surface area contributed by atoms with E-state index >= 15 is 0 Å². The zero-order valence-electron chi connectivity index (χ0n) is 7.65. The third-order valence-electron chi connectivity index (χ3n) is 3.19. The molecule has 2 rings (SSSR count). The van der Waals surface area contributed by atoms with Gasteiger partial charge >= 0.3 is 0 Å². The Balaban J connectivity index is 0.000000845. The van der Waals surface area contributed by atoms with Crippen LogP contribution in [0.4, 0.5) is 0 Å². The van der Waals surface area contributed by atoms with E-state index < -0.39 is 0 Å². The van der Waals surface area contributed by atoms with Gasteiger partial charge in [0.2, 0.25) is 0 Å². The molecule has 3 atom stereocenters. The first-order chi connectivity index (χ1) is 5.79. The van der Waals surface area contributed by atoms with Crippen molar-refractivity contribution in [1.29, 1.82) is 0 Å². The maximum absolute atomic E-state index is 5.66. The molecule has 4 heteroatoms. The summed E-state index contributed by atoms with van der Waals surface area (Å²) in [4.78, 5) is 4.50. The van der Waals surface area contributed by atoms with Crippen molar-refractivity contribution in [2.75, 3.05) is 5.75 Å². The number of nitrogens with two attached hydrogens (primary N) is 1.